The van der Waals surface area contributed by atoms with Gasteiger partial charge in [-0.05, 0) is 31.2 Å². The number of ether oxygens (including phenoxy) is 1. The number of carbonyl (C=O) groups is 1. The van der Waals surface area contributed by atoms with Gasteiger partial charge in [-0.15, -0.1) is 0 Å². The van der Waals surface area contributed by atoms with E-state index in [0.29, 0.717) is 5.52 Å². The first-order chi connectivity index (χ1) is 13.6. The molecular weight excluding hydrogens is 356 g/mol. The molecule has 4 aromatic rings. The van der Waals surface area contributed by atoms with Crippen molar-refractivity contribution in [3.63, 3.8) is 0 Å². The SMILES string of the molecule is C[C@@H](OC(=O)c1cc2ccccc2[nH]1)/C(O)=C(\C#N)c1nc2ccccc2[nH]1. The van der Waals surface area contributed by atoms with E-state index >= 15 is 0 Å². The summed E-state index contributed by atoms with van der Waals surface area (Å²) >= 11 is 0. The minimum atomic E-state index is -1.03. The lowest BCUT2D eigenvalue weighted by atomic mass is 10.1. The van der Waals surface area contributed by atoms with Crippen LogP contribution in [0.15, 0.2) is 60.4 Å². The first kappa shape index (κ1) is 17.4. The van der Waals surface area contributed by atoms with Gasteiger partial charge in [0.2, 0.25) is 0 Å². The third-order valence-electron chi connectivity index (χ3n) is 4.41. The Balaban J connectivity index is 1.60. The quantitative estimate of drug-likeness (QED) is 0.284. The molecule has 0 aliphatic rings. The largest absolute Gasteiger partial charge is 0.507 e. The Bertz CT molecular complexity index is 1190. The van der Waals surface area contributed by atoms with E-state index in [0.717, 1.165) is 16.4 Å². The highest BCUT2D eigenvalue weighted by Crippen LogP contribution is 2.22. The van der Waals surface area contributed by atoms with Crippen LogP contribution in [-0.2, 0) is 4.74 Å². The van der Waals surface area contributed by atoms with Gasteiger partial charge in [0.05, 0.1) is 11.0 Å². The molecule has 3 N–H and O–H groups in total. The summed E-state index contributed by atoms with van der Waals surface area (Å²) < 4.78 is 5.34. The summed E-state index contributed by atoms with van der Waals surface area (Å²) in [6.07, 6.45) is -1.03. The fraction of sp³-hybridized carbons (Fsp3) is 0.0952. The summed E-state index contributed by atoms with van der Waals surface area (Å²) in [5.74, 6) is -0.780. The van der Waals surface area contributed by atoms with E-state index < -0.39 is 12.1 Å². The molecular formula is C21H16N4O3. The van der Waals surface area contributed by atoms with Crippen LogP contribution in [0.3, 0.4) is 0 Å². The summed E-state index contributed by atoms with van der Waals surface area (Å²) in [7, 11) is 0. The van der Waals surface area contributed by atoms with Crippen molar-refractivity contribution in [2.45, 2.75) is 13.0 Å². The number of esters is 1. The molecule has 1 atom stereocenters. The number of fused-ring (bicyclic) bond motifs is 2. The Hall–Kier alpha value is -4.05. The predicted molar refractivity (Wildman–Crippen MR) is 104 cm³/mol. The van der Waals surface area contributed by atoms with Gasteiger partial charge < -0.3 is 19.8 Å². The van der Waals surface area contributed by atoms with Gasteiger partial charge in [-0.3, -0.25) is 0 Å². The summed E-state index contributed by atoms with van der Waals surface area (Å²) in [6, 6.07) is 18.3. The molecule has 7 heteroatoms. The number of imidazole rings is 1. The normalized spacial score (nSPS) is 13.1. The Morgan fingerprint density at radius 3 is 2.57 bits per heavy atom. The molecule has 7 nitrogen and oxygen atoms in total. The number of nitrogens with one attached hydrogen (secondary N) is 2. The maximum absolute atomic E-state index is 12.4. The second kappa shape index (κ2) is 6.93. The highest BCUT2D eigenvalue weighted by molar-refractivity contribution is 5.95. The van der Waals surface area contributed by atoms with Gasteiger partial charge in [0, 0.05) is 10.9 Å². The Morgan fingerprint density at radius 1 is 1.14 bits per heavy atom. The molecule has 2 heterocycles. The third kappa shape index (κ3) is 3.08. The number of allylic oxidation sites excluding steroid dienone is 1. The third-order valence-corrected chi connectivity index (χ3v) is 4.41. The highest BCUT2D eigenvalue weighted by atomic mass is 16.6. The zero-order valence-corrected chi connectivity index (χ0v) is 14.9. The van der Waals surface area contributed by atoms with Crippen molar-refractivity contribution in [2.75, 3.05) is 0 Å². The van der Waals surface area contributed by atoms with E-state index in [1.54, 1.807) is 12.1 Å². The second-order valence-corrected chi connectivity index (χ2v) is 6.29. The lowest BCUT2D eigenvalue weighted by molar-refractivity contribution is 0.0328. The van der Waals surface area contributed by atoms with E-state index in [9.17, 15) is 15.2 Å². The molecule has 0 aliphatic carbocycles. The number of aliphatic hydroxyl groups is 1. The second-order valence-electron chi connectivity index (χ2n) is 6.29. The number of nitriles is 1. The zero-order valence-electron chi connectivity index (χ0n) is 14.9. The topological polar surface area (TPSA) is 115 Å². The zero-order chi connectivity index (χ0) is 19.7. The smallest absolute Gasteiger partial charge is 0.355 e. The summed E-state index contributed by atoms with van der Waals surface area (Å²) in [4.78, 5) is 22.7. The van der Waals surface area contributed by atoms with Gasteiger partial charge >= 0.3 is 5.97 Å². The standard InChI is InChI=1S/C21H16N4O3/c1-12(28-21(27)18-10-13-6-2-3-7-15(13)23-18)19(26)14(11-22)20-24-16-8-4-5-9-17(16)25-20/h2-10,12,23,26H,1H3,(H,24,25)/b19-14-/t12-/m1/s1. The lowest BCUT2D eigenvalue weighted by Gasteiger charge is -2.13. The molecule has 2 aromatic carbocycles. The predicted octanol–water partition coefficient (Wildman–Crippen LogP) is 4.08. The number of H-pyrrole nitrogens is 2. The van der Waals surface area contributed by atoms with Crippen LogP contribution in [0.1, 0.15) is 23.2 Å². The molecule has 138 valence electrons. The van der Waals surface area contributed by atoms with Crippen LogP contribution in [-0.4, -0.2) is 32.1 Å². The molecule has 0 bridgehead atoms. The maximum Gasteiger partial charge on any atom is 0.355 e. The van der Waals surface area contributed by atoms with Crippen LogP contribution < -0.4 is 0 Å². The van der Waals surface area contributed by atoms with Crippen molar-refractivity contribution in [3.8, 4) is 6.07 Å². The first-order valence-corrected chi connectivity index (χ1v) is 8.64. The molecule has 4 rings (SSSR count). The van der Waals surface area contributed by atoms with E-state index in [-0.39, 0.29) is 22.9 Å². The number of aromatic nitrogens is 3. The number of hydrogen-bond acceptors (Lipinski definition) is 5. The van der Waals surface area contributed by atoms with E-state index in [4.69, 9.17) is 4.74 Å². The number of aliphatic hydroxyl groups excluding tert-OH is 1. The van der Waals surface area contributed by atoms with Crippen LogP contribution in [0, 0.1) is 11.3 Å². The molecule has 0 aliphatic heterocycles. The maximum atomic E-state index is 12.4. The van der Waals surface area contributed by atoms with E-state index in [2.05, 4.69) is 15.0 Å². The van der Waals surface area contributed by atoms with Gasteiger partial charge in [-0.2, -0.15) is 5.26 Å². The van der Waals surface area contributed by atoms with Crippen molar-refractivity contribution in [3.05, 3.63) is 71.9 Å². The average Bonchev–Trinajstić information content (AvgIpc) is 3.32. The monoisotopic (exact) mass is 372 g/mol. The summed E-state index contributed by atoms with van der Waals surface area (Å²) in [5, 5.41) is 20.9. The Kier molecular flexibility index (Phi) is 4.30. The molecule has 0 saturated carbocycles. The van der Waals surface area contributed by atoms with Crippen LogP contribution >= 0.6 is 0 Å². The minimum Gasteiger partial charge on any atom is -0.507 e. The van der Waals surface area contributed by atoms with Crippen molar-refractivity contribution >= 4 is 33.5 Å². The number of nitrogens with zero attached hydrogens (tertiary/aromatic N) is 2. The van der Waals surface area contributed by atoms with Gasteiger partial charge in [0.1, 0.15) is 17.3 Å². The van der Waals surface area contributed by atoms with E-state index in [1.807, 2.05) is 48.5 Å². The van der Waals surface area contributed by atoms with Crippen LogP contribution in [0.25, 0.3) is 27.5 Å². The number of carbonyl (C=O) groups excluding carboxylic acids is 1. The number of rotatable bonds is 4. The molecule has 0 radical (unpaired) electrons. The van der Waals surface area contributed by atoms with Crippen molar-refractivity contribution in [1.82, 2.24) is 15.0 Å². The molecule has 0 unspecified atom stereocenters. The van der Waals surface area contributed by atoms with E-state index in [1.165, 1.54) is 6.92 Å². The fourth-order valence-electron chi connectivity index (χ4n) is 2.97. The molecule has 0 saturated heterocycles. The van der Waals surface area contributed by atoms with Crippen LogP contribution in [0.4, 0.5) is 0 Å². The molecule has 0 amide bonds. The average molecular weight is 372 g/mol. The molecule has 0 spiro atoms. The van der Waals surface area contributed by atoms with Crippen molar-refractivity contribution in [2.24, 2.45) is 0 Å². The number of para-hydroxylation sites is 3. The van der Waals surface area contributed by atoms with Gasteiger partial charge in [-0.1, -0.05) is 30.3 Å². The van der Waals surface area contributed by atoms with Crippen molar-refractivity contribution < 1.29 is 14.6 Å². The number of aromatic amines is 2. The van der Waals surface area contributed by atoms with Gasteiger partial charge in [-0.25, -0.2) is 9.78 Å². The highest BCUT2D eigenvalue weighted by Gasteiger charge is 2.22. The molecule has 0 fully saturated rings. The Labute approximate surface area is 159 Å². The lowest BCUT2D eigenvalue weighted by Crippen LogP contribution is -2.18. The summed E-state index contributed by atoms with van der Waals surface area (Å²) in [5.41, 5.74) is 2.40. The molecule has 28 heavy (non-hydrogen) atoms. The van der Waals surface area contributed by atoms with Gasteiger partial charge in [0.15, 0.2) is 17.7 Å². The summed E-state index contributed by atoms with van der Waals surface area (Å²) in [6.45, 7) is 1.50. The van der Waals surface area contributed by atoms with Crippen LogP contribution in [0.5, 0.6) is 0 Å². The van der Waals surface area contributed by atoms with Gasteiger partial charge in [0.25, 0.3) is 0 Å². The van der Waals surface area contributed by atoms with Crippen molar-refractivity contribution in [1.29, 1.82) is 5.26 Å². The molecule has 2 aromatic heterocycles. The first-order valence-electron chi connectivity index (χ1n) is 8.64. The van der Waals surface area contributed by atoms with Crippen LogP contribution in [0.2, 0.25) is 0 Å². The Morgan fingerprint density at radius 2 is 1.86 bits per heavy atom. The number of hydrogen-bond donors (Lipinski definition) is 3. The minimum absolute atomic E-state index is 0.0758. The fourth-order valence-corrected chi connectivity index (χ4v) is 2.97. The number of benzene rings is 2.